The Balaban J connectivity index is -0.000000249. The van der Waals surface area contributed by atoms with Crippen molar-refractivity contribution >= 4 is 20.2 Å². The van der Waals surface area contributed by atoms with Gasteiger partial charge in [-0.05, 0) is 12.8 Å². The second-order valence-electron chi connectivity index (χ2n) is 3.31. The Morgan fingerprint density at radius 2 is 0.955 bits per heavy atom. The van der Waals surface area contributed by atoms with Gasteiger partial charge in [-0.15, -0.1) is 0 Å². The second kappa shape index (κ2) is 14.1. The standard InChI is InChI=1S/C4H10O2.2C2H4F2O3S/c5-3-1-2-4-6;2*3-1-2(4)8(5,6)7/h5-6H,1-4H2;2*2H,1H2,(H,5,6,7). The lowest BCUT2D eigenvalue weighted by molar-refractivity contribution is 0.242. The van der Waals surface area contributed by atoms with E-state index in [0.717, 1.165) is 12.8 Å². The Hall–Kier alpha value is -0.540. The van der Waals surface area contributed by atoms with Crippen LogP contribution in [-0.4, -0.2) is 73.7 Å². The van der Waals surface area contributed by atoms with E-state index in [2.05, 4.69) is 0 Å². The van der Waals surface area contributed by atoms with Gasteiger partial charge in [-0.2, -0.15) is 16.8 Å². The Kier molecular flexibility index (Phi) is 16.9. The molecule has 0 amide bonds. The zero-order valence-electron chi connectivity index (χ0n) is 11.1. The van der Waals surface area contributed by atoms with E-state index in [0.29, 0.717) is 0 Å². The van der Waals surface area contributed by atoms with Crippen LogP contribution in [-0.2, 0) is 20.2 Å². The van der Waals surface area contributed by atoms with Crippen molar-refractivity contribution in [1.29, 1.82) is 0 Å². The van der Waals surface area contributed by atoms with E-state index >= 15 is 0 Å². The molecule has 0 aromatic heterocycles. The van der Waals surface area contributed by atoms with Crippen molar-refractivity contribution in [2.45, 2.75) is 23.8 Å². The summed E-state index contributed by atoms with van der Waals surface area (Å²) in [6.07, 6.45) is 1.44. The Labute approximate surface area is 125 Å². The van der Waals surface area contributed by atoms with Gasteiger partial charge in [-0.3, -0.25) is 9.11 Å². The predicted molar refractivity (Wildman–Crippen MR) is 68.2 cm³/mol. The van der Waals surface area contributed by atoms with Gasteiger partial charge in [0.1, 0.15) is 13.3 Å². The van der Waals surface area contributed by atoms with Gasteiger partial charge in [-0.25, -0.2) is 17.6 Å². The minimum atomic E-state index is -4.79. The quantitative estimate of drug-likeness (QED) is 0.274. The number of halogens is 4. The van der Waals surface area contributed by atoms with Crippen LogP contribution in [0.15, 0.2) is 0 Å². The van der Waals surface area contributed by atoms with Gasteiger partial charge in [0.2, 0.25) is 0 Å². The fraction of sp³-hybridized carbons (Fsp3) is 1.00. The first-order chi connectivity index (χ1) is 9.88. The summed E-state index contributed by atoms with van der Waals surface area (Å²) in [5, 5.41) is 16.2. The molecule has 0 heterocycles. The first-order valence-corrected chi connectivity index (χ1v) is 8.43. The van der Waals surface area contributed by atoms with E-state index < -0.39 is 44.6 Å². The summed E-state index contributed by atoms with van der Waals surface area (Å²) in [4.78, 5) is 0. The molecule has 0 aliphatic carbocycles. The maximum absolute atomic E-state index is 11.4. The molecule has 0 spiro atoms. The molecule has 138 valence electrons. The summed E-state index contributed by atoms with van der Waals surface area (Å²) in [6, 6.07) is 0. The molecule has 4 N–H and O–H groups in total. The first kappa shape index (κ1) is 26.4. The summed E-state index contributed by atoms with van der Waals surface area (Å²) in [6.45, 7) is -3.03. The third-order valence-corrected chi connectivity index (χ3v) is 3.00. The van der Waals surface area contributed by atoms with Crippen molar-refractivity contribution < 1.29 is 53.7 Å². The van der Waals surface area contributed by atoms with Crippen LogP contribution in [0.5, 0.6) is 0 Å². The number of unbranched alkanes of at least 4 members (excludes halogenated alkanes) is 1. The van der Waals surface area contributed by atoms with Crippen molar-refractivity contribution in [3.8, 4) is 0 Å². The van der Waals surface area contributed by atoms with Crippen molar-refractivity contribution in [2.75, 3.05) is 26.6 Å². The van der Waals surface area contributed by atoms with Crippen LogP contribution in [0.1, 0.15) is 12.8 Å². The number of hydrogen-bond donors (Lipinski definition) is 4. The molecular weight excluding hydrogens is 364 g/mol. The maximum atomic E-state index is 11.4. The molecule has 0 bridgehead atoms. The molecule has 0 aromatic carbocycles. The summed E-state index contributed by atoms with van der Waals surface area (Å²) < 4.78 is 98.1. The van der Waals surface area contributed by atoms with Crippen LogP contribution in [0.25, 0.3) is 0 Å². The molecule has 0 fully saturated rings. The van der Waals surface area contributed by atoms with Gasteiger partial charge < -0.3 is 10.2 Å². The zero-order chi connectivity index (χ0) is 18.4. The second-order valence-corrected chi connectivity index (χ2v) is 6.40. The Morgan fingerprint density at radius 1 is 0.727 bits per heavy atom. The van der Waals surface area contributed by atoms with E-state index in [-0.39, 0.29) is 13.2 Å². The molecule has 0 rings (SSSR count). The SMILES string of the molecule is O=S(=O)(O)C(F)CF.O=S(=O)(O)C(F)CF.OCCCCO. The van der Waals surface area contributed by atoms with Crippen molar-refractivity contribution in [1.82, 2.24) is 0 Å². The lowest BCUT2D eigenvalue weighted by Gasteiger charge is -1.94. The summed E-state index contributed by atoms with van der Waals surface area (Å²) in [7, 11) is -9.59. The van der Waals surface area contributed by atoms with E-state index in [1.54, 1.807) is 0 Å². The molecule has 0 saturated heterocycles. The highest BCUT2D eigenvalue weighted by molar-refractivity contribution is 7.86. The Bertz CT molecular complexity index is 399. The fourth-order valence-electron chi connectivity index (χ4n) is 0.383. The molecule has 0 radical (unpaired) electrons. The minimum Gasteiger partial charge on any atom is -0.396 e. The lowest BCUT2D eigenvalue weighted by atomic mass is 10.3. The van der Waals surface area contributed by atoms with E-state index in [1.807, 2.05) is 0 Å². The van der Waals surface area contributed by atoms with Gasteiger partial charge in [0.25, 0.3) is 31.2 Å². The normalized spacial score (nSPS) is 14.0. The molecule has 8 nitrogen and oxygen atoms in total. The van der Waals surface area contributed by atoms with Crippen LogP contribution in [0.3, 0.4) is 0 Å². The van der Waals surface area contributed by atoms with E-state index in [9.17, 15) is 34.4 Å². The molecule has 22 heavy (non-hydrogen) atoms. The predicted octanol–water partition coefficient (Wildman–Crippen LogP) is 0.0298. The van der Waals surface area contributed by atoms with Crippen LogP contribution in [0, 0.1) is 0 Å². The number of alkyl halides is 4. The third kappa shape index (κ3) is 19.5. The average Bonchev–Trinajstić information content (AvgIpc) is 2.42. The van der Waals surface area contributed by atoms with E-state index in [4.69, 9.17) is 19.3 Å². The number of aliphatic hydroxyl groups is 2. The van der Waals surface area contributed by atoms with Gasteiger partial charge in [0, 0.05) is 13.2 Å². The zero-order valence-corrected chi connectivity index (χ0v) is 12.8. The molecule has 0 aliphatic rings. The Morgan fingerprint density at radius 3 is 1.00 bits per heavy atom. The van der Waals surface area contributed by atoms with Gasteiger partial charge >= 0.3 is 0 Å². The van der Waals surface area contributed by atoms with Gasteiger partial charge in [-0.1, -0.05) is 0 Å². The molecule has 0 aliphatic heterocycles. The average molecular weight is 382 g/mol. The molecule has 0 aromatic rings. The van der Waals surface area contributed by atoms with Crippen molar-refractivity contribution in [3.05, 3.63) is 0 Å². The van der Waals surface area contributed by atoms with Crippen molar-refractivity contribution in [2.24, 2.45) is 0 Å². The lowest BCUT2D eigenvalue weighted by Crippen LogP contribution is -2.16. The first-order valence-electron chi connectivity index (χ1n) is 5.42. The molecule has 2 unspecified atom stereocenters. The summed E-state index contributed by atoms with van der Waals surface area (Å²) in [5.74, 6) is 0. The number of aliphatic hydroxyl groups excluding tert-OH is 2. The molecular formula is C8H18F4O8S2. The van der Waals surface area contributed by atoms with Gasteiger partial charge in [0.05, 0.1) is 0 Å². The summed E-state index contributed by atoms with van der Waals surface area (Å²) >= 11 is 0. The van der Waals surface area contributed by atoms with Gasteiger partial charge in [0.15, 0.2) is 0 Å². The topological polar surface area (TPSA) is 149 Å². The maximum Gasteiger partial charge on any atom is 0.300 e. The highest BCUT2D eigenvalue weighted by Gasteiger charge is 2.21. The van der Waals surface area contributed by atoms with Crippen LogP contribution in [0.2, 0.25) is 0 Å². The van der Waals surface area contributed by atoms with Crippen LogP contribution in [0.4, 0.5) is 17.6 Å². The molecule has 0 saturated carbocycles. The largest absolute Gasteiger partial charge is 0.396 e. The fourth-order valence-corrected chi connectivity index (χ4v) is 0.701. The molecule has 2 atom stereocenters. The number of hydrogen-bond acceptors (Lipinski definition) is 6. The molecule has 14 heteroatoms. The highest BCUT2D eigenvalue weighted by atomic mass is 32.2. The number of rotatable bonds is 7. The summed E-state index contributed by atoms with van der Waals surface area (Å²) in [5.41, 5.74) is -5.58. The van der Waals surface area contributed by atoms with E-state index in [1.165, 1.54) is 0 Å². The van der Waals surface area contributed by atoms with Crippen molar-refractivity contribution in [3.63, 3.8) is 0 Å². The highest BCUT2D eigenvalue weighted by Crippen LogP contribution is 1.99. The third-order valence-electron chi connectivity index (χ3n) is 1.46. The van der Waals surface area contributed by atoms with Crippen LogP contribution < -0.4 is 0 Å². The van der Waals surface area contributed by atoms with Crippen LogP contribution >= 0.6 is 0 Å². The smallest absolute Gasteiger partial charge is 0.300 e. The monoisotopic (exact) mass is 382 g/mol. The minimum absolute atomic E-state index is 0.195.